The van der Waals surface area contributed by atoms with Crippen LogP contribution in [0.3, 0.4) is 0 Å². The Morgan fingerprint density at radius 3 is 2.67 bits per heavy atom. The summed E-state index contributed by atoms with van der Waals surface area (Å²) in [5.74, 6) is 0.291. The molecule has 0 spiro atoms. The molecule has 5 aromatic rings. The van der Waals surface area contributed by atoms with Crippen molar-refractivity contribution in [1.82, 2.24) is 24.3 Å². The molecule has 1 atom stereocenters. The van der Waals surface area contributed by atoms with E-state index >= 15 is 0 Å². The van der Waals surface area contributed by atoms with Crippen LogP contribution in [0.5, 0.6) is 0 Å². The molecule has 1 aliphatic heterocycles. The van der Waals surface area contributed by atoms with Crippen molar-refractivity contribution in [3.05, 3.63) is 120 Å². The summed E-state index contributed by atoms with van der Waals surface area (Å²) in [5, 5.41) is 0. The number of fused-ring (bicyclic) bond motifs is 2. The van der Waals surface area contributed by atoms with Gasteiger partial charge in [0.25, 0.3) is 0 Å². The van der Waals surface area contributed by atoms with Gasteiger partial charge in [-0.25, -0.2) is 15.0 Å². The summed E-state index contributed by atoms with van der Waals surface area (Å²) in [6.07, 6.45) is 17.4. The molecule has 4 aromatic heterocycles. The Kier molecular flexibility index (Phi) is 5.73. The molecule has 5 heterocycles. The number of rotatable bonds is 4. The van der Waals surface area contributed by atoms with Gasteiger partial charge in [-0.1, -0.05) is 42.5 Å². The Morgan fingerprint density at radius 1 is 0.897 bits per heavy atom. The fourth-order valence-corrected chi connectivity index (χ4v) is 5.38. The van der Waals surface area contributed by atoms with Gasteiger partial charge < -0.3 is 4.40 Å². The largest absolute Gasteiger partial charge is 0.304 e. The molecule has 0 saturated heterocycles. The predicted octanol–water partition coefficient (Wildman–Crippen LogP) is 7.18. The fraction of sp³-hybridized carbons (Fsp3) is 0.182. The number of hydrogen-bond donors (Lipinski definition) is 0. The molecule has 1 aliphatic carbocycles. The van der Waals surface area contributed by atoms with E-state index in [9.17, 15) is 0 Å². The number of aromatic nitrogens is 5. The first-order valence-corrected chi connectivity index (χ1v) is 13.4. The average molecular weight is 509 g/mol. The molecular weight excluding hydrogens is 480 g/mol. The predicted molar refractivity (Wildman–Crippen MR) is 157 cm³/mol. The molecule has 190 valence electrons. The number of imidazole rings is 1. The van der Waals surface area contributed by atoms with E-state index in [0.717, 1.165) is 86.9 Å². The number of pyridine rings is 2. The number of allylic oxidation sites excluding steroid dienone is 5. The van der Waals surface area contributed by atoms with Crippen LogP contribution in [0, 0.1) is 13.8 Å². The highest BCUT2D eigenvalue weighted by Crippen LogP contribution is 2.32. The molecule has 0 bridgehead atoms. The molecule has 0 fully saturated rings. The van der Waals surface area contributed by atoms with E-state index in [1.807, 2.05) is 24.3 Å². The maximum Gasteiger partial charge on any atom is 0.146 e. The first-order chi connectivity index (χ1) is 19.1. The third-order valence-corrected chi connectivity index (χ3v) is 7.45. The van der Waals surface area contributed by atoms with Gasteiger partial charge in [-0.15, -0.1) is 0 Å². The lowest BCUT2D eigenvalue weighted by Crippen LogP contribution is -2.12. The van der Waals surface area contributed by atoms with Crippen LogP contribution in [-0.2, 0) is 0 Å². The van der Waals surface area contributed by atoms with Gasteiger partial charge in [0, 0.05) is 29.6 Å². The molecule has 0 saturated carbocycles. The highest BCUT2D eigenvalue weighted by Gasteiger charge is 2.22. The van der Waals surface area contributed by atoms with E-state index in [1.165, 1.54) is 0 Å². The van der Waals surface area contributed by atoms with Crippen molar-refractivity contribution in [3.63, 3.8) is 0 Å². The van der Waals surface area contributed by atoms with Crippen molar-refractivity contribution in [2.75, 3.05) is 0 Å². The normalized spacial score (nSPS) is 17.0. The van der Waals surface area contributed by atoms with E-state index in [-0.39, 0.29) is 0 Å². The second-order valence-corrected chi connectivity index (χ2v) is 10.2. The van der Waals surface area contributed by atoms with Crippen LogP contribution in [0.1, 0.15) is 53.4 Å². The summed E-state index contributed by atoms with van der Waals surface area (Å²) in [6.45, 7) is 4.20. The minimum absolute atomic E-state index is 0.291. The maximum atomic E-state index is 5.21. The number of aryl methyl sites for hydroxylation is 2. The Hall–Kier alpha value is -4.71. The fourth-order valence-electron chi connectivity index (χ4n) is 5.38. The van der Waals surface area contributed by atoms with Crippen LogP contribution < -0.4 is 0 Å². The average Bonchev–Trinajstić information content (AvgIpc) is 3.44. The van der Waals surface area contributed by atoms with Crippen LogP contribution in [0.25, 0.3) is 33.8 Å². The Bertz CT molecular complexity index is 1860. The smallest absolute Gasteiger partial charge is 0.146 e. The molecule has 0 unspecified atom stereocenters. The molecule has 7 rings (SSSR count). The topological polar surface area (TPSA) is 68.3 Å². The van der Waals surface area contributed by atoms with E-state index in [0.29, 0.717) is 5.92 Å². The summed E-state index contributed by atoms with van der Waals surface area (Å²) >= 11 is 0. The molecule has 1 aromatic carbocycles. The van der Waals surface area contributed by atoms with Crippen molar-refractivity contribution in [3.8, 4) is 11.4 Å². The standard InChI is InChI=1S/C33H28N6/c1-21-14-17-26-29(19-21)37-32(31(36-26)27-11-6-7-18-34-27)28-13-8-12-25(35-28)24-16-15-22(2)39-20-30(38-33(24)39)23-9-4-3-5-10-23/h3-7,9,11-12,14-20,23H,8,10,13H2,1-2H3/t23-/m0/s1. The molecule has 0 radical (unpaired) electrons. The van der Waals surface area contributed by atoms with E-state index in [2.05, 4.69) is 84.1 Å². The maximum absolute atomic E-state index is 5.21. The quantitative estimate of drug-likeness (QED) is 0.258. The van der Waals surface area contributed by atoms with Crippen LogP contribution in [0.15, 0.2) is 96.3 Å². The zero-order chi connectivity index (χ0) is 26.3. The third-order valence-electron chi connectivity index (χ3n) is 7.45. The van der Waals surface area contributed by atoms with E-state index in [1.54, 1.807) is 6.20 Å². The van der Waals surface area contributed by atoms with Gasteiger partial charge in [-0.2, -0.15) is 0 Å². The van der Waals surface area contributed by atoms with E-state index in [4.69, 9.17) is 19.9 Å². The first kappa shape index (κ1) is 23.4. The highest BCUT2D eigenvalue weighted by molar-refractivity contribution is 6.08. The molecule has 6 nitrogen and oxygen atoms in total. The zero-order valence-corrected chi connectivity index (χ0v) is 22.0. The van der Waals surface area contributed by atoms with Crippen LogP contribution in [-0.4, -0.2) is 30.0 Å². The Morgan fingerprint density at radius 2 is 1.82 bits per heavy atom. The molecule has 0 amide bonds. The minimum atomic E-state index is 0.291. The van der Waals surface area contributed by atoms with Gasteiger partial charge >= 0.3 is 0 Å². The second kappa shape index (κ2) is 9.55. The van der Waals surface area contributed by atoms with Gasteiger partial charge in [0.1, 0.15) is 17.0 Å². The number of nitrogens with zero attached hydrogens (tertiary/aromatic N) is 6. The zero-order valence-electron chi connectivity index (χ0n) is 22.0. The van der Waals surface area contributed by atoms with Crippen molar-refractivity contribution in [1.29, 1.82) is 0 Å². The van der Waals surface area contributed by atoms with Crippen LogP contribution in [0.2, 0.25) is 0 Å². The number of aliphatic imine (C=N–C) groups is 1. The molecule has 2 aliphatic rings. The lowest BCUT2D eigenvalue weighted by molar-refractivity contribution is 0.825. The van der Waals surface area contributed by atoms with Gasteiger partial charge in [0.2, 0.25) is 0 Å². The second-order valence-electron chi connectivity index (χ2n) is 10.2. The molecule has 6 heteroatoms. The first-order valence-electron chi connectivity index (χ1n) is 13.4. The number of benzene rings is 1. The highest BCUT2D eigenvalue weighted by atomic mass is 15.0. The summed E-state index contributed by atoms with van der Waals surface area (Å²) in [4.78, 5) is 25.1. The number of hydrogen-bond acceptors (Lipinski definition) is 5. The van der Waals surface area contributed by atoms with Gasteiger partial charge in [-0.3, -0.25) is 9.98 Å². The van der Waals surface area contributed by atoms with Crippen LogP contribution in [0.4, 0.5) is 0 Å². The third kappa shape index (κ3) is 4.28. The molecule has 0 N–H and O–H groups in total. The van der Waals surface area contributed by atoms with Crippen LogP contribution >= 0.6 is 0 Å². The van der Waals surface area contributed by atoms with Gasteiger partial charge in [0.05, 0.1) is 33.8 Å². The van der Waals surface area contributed by atoms with Gasteiger partial charge in [0.15, 0.2) is 0 Å². The van der Waals surface area contributed by atoms with Crippen molar-refractivity contribution >= 4 is 28.1 Å². The van der Waals surface area contributed by atoms with Crippen molar-refractivity contribution in [2.45, 2.75) is 39.0 Å². The molecular formula is C33H28N6. The Labute approximate surface area is 227 Å². The SMILES string of the molecule is Cc1ccc2nc(-c3ccccn3)c(C3=NC(c4ccc(C)n5cc([C@H]6C=CC=CC6)nc45)=CCC3)nc2c1. The monoisotopic (exact) mass is 508 g/mol. The van der Waals surface area contributed by atoms with Gasteiger partial charge in [-0.05, 0) is 75.1 Å². The summed E-state index contributed by atoms with van der Waals surface area (Å²) < 4.78 is 2.19. The van der Waals surface area contributed by atoms with E-state index < -0.39 is 0 Å². The lowest BCUT2D eigenvalue weighted by Gasteiger charge is -2.16. The summed E-state index contributed by atoms with van der Waals surface area (Å²) in [5.41, 5.74) is 11.3. The molecule has 39 heavy (non-hydrogen) atoms. The Balaban J connectivity index is 1.36. The lowest BCUT2D eigenvalue weighted by atomic mass is 9.98. The van der Waals surface area contributed by atoms with Crippen molar-refractivity contribution < 1.29 is 0 Å². The minimum Gasteiger partial charge on any atom is -0.304 e. The summed E-state index contributed by atoms with van der Waals surface area (Å²) in [6, 6.07) is 16.4. The summed E-state index contributed by atoms with van der Waals surface area (Å²) in [7, 11) is 0. The van der Waals surface area contributed by atoms with Crippen molar-refractivity contribution in [2.24, 2.45) is 4.99 Å².